The molecular weight excluding hydrogens is 516 g/mol. The van der Waals surface area contributed by atoms with E-state index in [9.17, 15) is 14.4 Å². The van der Waals surface area contributed by atoms with Crippen LogP contribution in [0.5, 0.6) is 0 Å². The Morgan fingerprint density at radius 1 is 1.02 bits per heavy atom. The number of hydrogen-bond donors (Lipinski definition) is 1. The second-order valence-electron chi connectivity index (χ2n) is 12.5. The normalized spacial score (nSPS) is 27.0. The summed E-state index contributed by atoms with van der Waals surface area (Å²) in [5, 5.41) is 2.83. The summed E-state index contributed by atoms with van der Waals surface area (Å²) in [7, 11) is 1.27. The number of alkyl carbamates (subject to hydrolysis) is 1. The Morgan fingerprint density at radius 2 is 1.65 bits per heavy atom. The number of rotatable bonds is 5. The van der Waals surface area contributed by atoms with Gasteiger partial charge in [-0.2, -0.15) is 0 Å². The summed E-state index contributed by atoms with van der Waals surface area (Å²) in [4.78, 5) is 42.1. The van der Waals surface area contributed by atoms with Crippen molar-refractivity contribution in [2.75, 3.05) is 13.7 Å². The highest BCUT2D eigenvalue weighted by Gasteiger charge is 2.64. The van der Waals surface area contributed by atoms with Gasteiger partial charge in [-0.05, 0) is 68.2 Å². The van der Waals surface area contributed by atoms with Crippen molar-refractivity contribution >= 4 is 18.2 Å². The van der Waals surface area contributed by atoms with Gasteiger partial charge in [0.05, 0.1) is 25.8 Å². The maximum Gasteiger partial charge on any atom is 0.411 e. The number of ether oxygens (including phenoxy) is 5. The van der Waals surface area contributed by atoms with Crippen molar-refractivity contribution in [2.24, 2.45) is 0 Å². The minimum atomic E-state index is -1.63. The highest BCUT2D eigenvalue weighted by atomic mass is 16.7. The first-order chi connectivity index (χ1) is 18.6. The van der Waals surface area contributed by atoms with Gasteiger partial charge in [0.25, 0.3) is 0 Å². The molecule has 0 aliphatic carbocycles. The quantitative estimate of drug-likeness (QED) is 0.294. The summed E-state index contributed by atoms with van der Waals surface area (Å²) >= 11 is 0. The van der Waals surface area contributed by atoms with Crippen LogP contribution < -0.4 is 5.32 Å². The van der Waals surface area contributed by atoms with Crippen LogP contribution in [-0.4, -0.2) is 71.7 Å². The first-order valence-electron chi connectivity index (χ1n) is 13.6. The Balaban J connectivity index is 2.15. The molecule has 1 aromatic carbocycles. The molecule has 2 fully saturated rings. The van der Waals surface area contributed by atoms with Gasteiger partial charge < -0.3 is 29.0 Å². The van der Waals surface area contributed by atoms with Gasteiger partial charge in [-0.15, -0.1) is 0 Å². The van der Waals surface area contributed by atoms with Gasteiger partial charge >= 0.3 is 18.2 Å². The molecule has 0 aromatic heterocycles. The highest BCUT2D eigenvalue weighted by molar-refractivity contribution is 5.88. The number of carbonyl (C=O) groups is 3. The number of methoxy groups -OCH3 is 1. The Bertz CT molecular complexity index is 1090. The number of hydrogen-bond acceptors (Lipinski definition) is 8. The van der Waals surface area contributed by atoms with Crippen LogP contribution in [0.4, 0.5) is 9.59 Å². The Hall–Kier alpha value is -3.11. The van der Waals surface area contributed by atoms with Gasteiger partial charge in [0.2, 0.25) is 0 Å². The van der Waals surface area contributed by atoms with Crippen LogP contribution >= 0.6 is 0 Å². The first kappa shape index (κ1) is 31.4. The standard InChI is InChI=1S/C30H44N2O8/c1-19(2)17-21-15-16-30(25(33)36-9,32(21)27(35)40-29(6,7)8)23-22(31-26(34)39-28(3,4)5)18-37-24(38-23)20-13-11-10-12-14-20/h10-14,17,21-24H,15-16,18H2,1-9H3,(H,31,34)/t21-,22+,23+,24+,30-/m1/s1. The van der Waals surface area contributed by atoms with Crippen LogP contribution in [-0.2, 0) is 28.5 Å². The molecule has 0 radical (unpaired) electrons. The molecule has 2 aliphatic heterocycles. The summed E-state index contributed by atoms with van der Waals surface area (Å²) in [5.41, 5.74) is -1.52. The van der Waals surface area contributed by atoms with Crippen molar-refractivity contribution < 1.29 is 38.1 Å². The fourth-order valence-corrected chi connectivity index (χ4v) is 5.19. The third kappa shape index (κ3) is 7.34. The van der Waals surface area contributed by atoms with E-state index < -0.39 is 59.4 Å². The van der Waals surface area contributed by atoms with Crippen LogP contribution in [0, 0.1) is 0 Å². The van der Waals surface area contributed by atoms with Gasteiger partial charge in [-0.3, -0.25) is 4.90 Å². The average Bonchev–Trinajstić information content (AvgIpc) is 3.21. The van der Waals surface area contributed by atoms with E-state index in [2.05, 4.69) is 5.32 Å². The Labute approximate surface area is 237 Å². The largest absolute Gasteiger partial charge is 0.467 e. The van der Waals surface area contributed by atoms with E-state index in [0.717, 1.165) is 11.1 Å². The van der Waals surface area contributed by atoms with E-state index >= 15 is 0 Å². The number of nitrogens with zero attached hydrogens (tertiary/aromatic N) is 1. The molecule has 1 aromatic rings. The second-order valence-corrected chi connectivity index (χ2v) is 12.5. The maximum atomic E-state index is 13.9. The van der Waals surface area contributed by atoms with Crippen LogP contribution in [0.1, 0.15) is 80.1 Å². The number of likely N-dealkylation sites (tertiary alicyclic amines) is 1. The summed E-state index contributed by atoms with van der Waals surface area (Å²) in [6, 6.07) is 7.95. The summed E-state index contributed by atoms with van der Waals surface area (Å²) in [6.07, 6.45) is -0.696. The van der Waals surface area contributed by atoms with E-state index in [-0.39, 0.29) is 13.0 Å². The van der Waals surface area contributed by atoms with Crippen LogP contribution in [0.15, 0.2) is 42.0 Å². The van der Waals surface area contributed by atoms with Crippen LogP contribution in [0.25, 0.3) is 0 Å². The summed E-state index contributed by atoms with van der Waals surface area (Å²) in [6.45, 7) is 14.4. The SMILES string of the molecule is COC(=O)[C@]1([C@H]2O[C@@H](c3ccccc3)OC[C@@H]2NC(=O)OC(C)(C)C)CC[C@H](C=C(C)C)N1C(=O)OC(C)(C)C. The first-order valence-corrected chi connectivity index (χ1v) is 13.6. The lowest BCUT2D eigenvalue weighted by atomic mass is 9.84. The van der Waals surface area contributed by atoms with Crippen molar-refractivity contribution in [1.29, 1.82) is 0 Å². The third-order valence-electron chi connectivity index (χ3n) is 6.54. The number of esters is 1. The van der Waals surface area contributed by atoms with E-state index in [0.29, 0.717) is 6.42 Å². The fraction of sp³-hybridized carbons (Fsp3) is 0.633. The molecule has 2 saturated heterocycles. The van der Waals surface area contributed by atoms with Crippen molar-refractivity contribution in [3.05, 3.63) is 47.5 Å². The lowest BCUT2D eigenvalue weighted by Gasteiger charge is -2.48. The number of amides is 2. The van der Waals surface area contributed by atoms with E-state index in [1.807, 2.05) is 50.3 Å². The van der Waals surface area contributed by atoms with Crippen molar-refractivity contribution in [3.63, 3.8) is 0 Å². The molecule has 10 heteroatoms. The van der Waals surface area contributed by atoms with Crippen LogP contribution in [0.2, 0.25) is 0 Å². The molecular formula is C30H44N2O8. The Kier molecular flexibility index (Phi) is 9.57. The molecule has 2 amide bonds. The second kappa shape index (κ2) is 12.2. The minimum Gasteiger partial charge on any atom is -0.467 e. The van der Waals surface area contributed by atoms with E-state index in [1.165, 1.54) is 12.0 Å². The maximum absolute atomic E-state index is 13.9. The fourth-order valence-electron chi connectivity index (χ4n) is 5.19. The van der Waals surface area contributed by atoms with Crippen molar-refractivity contribution in [2.45, 2.75) is 109 Å². The molecule has 40 heavy (non-hydrogen) atoms. The zero-order valence-corrected chi connectivity index (χ0v) is 25.1. The molecule has 0 spiro atoms. The molecule has 0 bridgehead atoms. The topological polar surface area (TPSA) is 113 Å². The van der Waals surface area contributed by atoms with Gasteiger partial charge in [-0.25, -0.2) is 14.4 Å². The average molecular weight is 561 g/mol. The number of allylic oxidation sites excluding steroid dienone is 1. The molecule has 222 valence electrons. The molecule has 10 nitrogen and oxygen atoms in total. The lowest BCUT2D eigenvalue weighted by molar-refractivity contribution is -0.255. The Morgan fingerprint density at radius 3 is 2.20 bits per heavy atom. The molecule has 2 aliphatic rings. The molecule has 1 N–H and O–H groups in total. The van der Waals surface area contributed by atoms with Gasteiger partial charge in [-0.1, -0.05) is 42.0 Å². The van der Waals surface area contributed by atoms with Gasteiger partial charge in [0, 0.05) is 5.56 Å². The monoisotopic (exact) mass is 560 g/mol. The predicted molar refractivity (Wildman–Crippen MR) is 148 cm³/mol. The smallest absolute Gasteiger partial charge is 0.411 e. The minimum absolute atomic E-state index is 0.00230. The summed E-state index contributed by atoms with van der Waals surface area (Å²) in [5.74, 6) is -0.669. The predicted octanol–water partition coefficient (Wildman–Crippen LogP) is 5.27. The third-order valence-corrected chi connectivity index (χ3v) is 6.54. The van der Waals surface area contributed by atoms with E-state index in [1.54, 1.807) is 41.5 Å². The number of benzene rings is 1. The zero-order valence-electron chi connectivity index (χ0n) is 25.1. The number of nitrogens with one attached hydrogen (secondary N) is 1. The lowest BCUT2D eigenvalue weighted by Crippen LogP contribution is -2.70. The molecule has 0 saturated carbocycles. The molecule has 3 rings (SSSR count). The van der Waals surface area contributed by atoms with Crippen molar-refractivity contribution in [1.82, 2.24) is 10.2 Å². The van der Waals surface area contributed by atoms with Crippen molar-refractivity contribution in [3.8, 4) is 0 Å². The summed E-state index contributed by atoms with van der Waals surface area (Å²) < 4.78 is 29.2. The van der Waals surface area contributed by atoms with Gasteiger partial charge in [0.15, 0.2) is 11.8 Å². The van der Waals surface area contributed by atoms with E-state index in [4.69, 9.17) is 23.7 Å². The molecule has 0 unspecified atom stereocenters. The van der Waals surface area contributed by atoms with Gasteiger partial charge in [0.1, 0.15) is 17.3 Å². The zero-order chi connectivity index (χ0) is 29.9. The number of carbonyl (C=O) groups excluding carboxylic acids is 3. The van der Waals surface area contributed by atoms with Crippen LogP contribution in [0.3, 0.4) is 0 Å². The molecule has 5 atom stereocenters. The molecule has 2 heterocycles. The highest BCUT2D eigenvalue weighted by Crippen LogP contribution is 2.45.